The highest BCUT2D eigenvalue weighted by Crippen LogP contribution is 2.18. The van der Waals surface area contributed by atoms with Crippen LogP contribution in [0, 0.1) is 0 Å². The lowest BCUT2D eigenvalue weighted by Crippen LogP contribution is -2.03. The van der Waals surface area contributed by atoms with Gasteiger partial charge in [0.25, 0.3) is 10.1 Å². The predicted molar refractivity (Wildman–Crippen MR) is 101 cm³/mol. The van der Waals surface area contributed by atoms with Gasteiger partial charge in [-0.25, -0.2) is 0 Å². The van der Waals surface area contributed by atoms with E-state index in [1.165, 1.54) is 63.9 Å². The zero-order valence-corrected chi connectivity index (χ0v) is 16.0. The minimum atomic E-state index is -4.10. The van der Waals surface area contributed by atoms with Gasteiger partial charge in [-0.3, -0.25) is 4.55 Å². The van der Waals surface area contributed by atoms with Gasteiger partial charge in [0.1, 0.15) is 0 Å². The van der Waals surface area contributed by atoms with Crippen molar-refractivity contribution >= 4 is 10.1 Å². The average Bonchev–Trinajstić information content (AvgIpc) is 2.52. The fraction of sp³-hybridized carbons (Fsp3) is 0.684. The van der Waals surface area contributed by atoms with E-state index in [0.29, 0.717) is 6.42 Å². The van der Waals surface area contributed by atoms with Crippen LogP contribution in [-0.4, -0.2) is 13.0 Å². The molecular formula is C19H35NO3S. The summed E-state index contributed by atoms with van der Waals surface area (Å²) in [7, 11) is -4.10. The minimum absolute atomic E-state index is 0. The lowest BCUT2D eigenvalue weighted by molar-refractivity contribution is 0.481. The molecule has 0 fully saturated rings. The maximum Gasteiger partial charge on any atom is 0.294 e. The molecular weight excluding hydrogens is 322 g/mol. The van der Waals surface area contributed by atoms with Crippen LogP contribution >= 0.6 is 0 Å². The van der Waals surface area contributed by atoms with E-state index in [-0.39, 0.29) is 11.0 Å². The summed E-state index contributed by atoms with van der Waals surface area (Å²) < 4.78 is 31.8. The smallest absolute Gasteiger partial charge is 0.294 e. The lowest BCUT2D eigenvalue weighted by Gasteiger charge is -2.07. The van der Waals surface area contributed by atoms with Gasteiger partial charge in [0, 0.05) is 0 Å². The number of benzene rings is 1. The van der Waals surface area contributed by atoms with Gasteiger partial charge in [0.2, 0.25) is 0 Å². The molecule has 0 saturated carbocycles. The van der Waals surface area contributed by atoms with E-state index in [1.807, 2.05) is 6.07 Å². The van der Waals surface area contributed by atoms with Gasteiger partial charge in [-0.05, 0) is 24.5 Å². The molecule has 4 N–H and O–H groups in total. The number of hydrogen-bond donors (Lipinski definition) is 2. The van der Waals surface area contributed by atoms with Crippen molar-refractivity contribution in [1.82, 2.24) is 6.15 Å². The van der Waals surface area contributed by atoms with E-state index in [2.05, 4.69) is 6.92 Å². The zero-order chi connectivity index (χ0) is 17.0. The molecule has 0 bridgehead atoms. The molecule has 4 nitrogen and oxygen atoms in total. The fourth-order valence-electron chi connectivity index (χ4n) is 2.94. The molecule has 0 atom stereocenters. The van der Waals surface area contributed by atoms with E-state index in [4.69, 9.17) is 0 Å². The van der Waals surface area contributed by atoms with Crippen molar-refractivity contribution < 1.29 is 13.0 Å². The monoisotopic (exact) mass is 357 g/mol. The second-order valence-electron chi connectivity index (χ2n) is 6.37. The number of hydrogen-bond acceptors (Lipinski definition) is 3. The Morgan fingerprint density at radius 3 is 1.75 bits per heavy atom. The van der Waals surface area contributed by atoms with Crippen LogP contribution in [0.3, 0.4) is 0 Å². The molecule has 24 heavy (non-hydrogen) atoms. The third-order valence-corrected chi connectivity index (χ3v) is 5.25. The molecule has 5 heteroatoms. The Morgan fingerprint density at radius 2 is 1.25 bits per heavy atom. The molecule has 140 valence electrons. The van der Waals surface area contributed by atoms with Crippen molar-refractivity contribution in [1.29, 1.82) is 0 Å². The molecule has 0 amide bonds. The molecule has 0 aliphatic rings. The largest absolute Gasteiger partial charge is 0.344 e. The molecule has 0 saturated heterocycles. The molecule has 0 spiro atoms. The summed E-state index contributed by atoms with van der Waals surface area (Å²) >= 11 is 0. The Bertz CT molecular complexity index is 529. The molecule has 1 rings (SSSR count). The first-order valence-electron chi connectivity index (χ1n) is 9.11. The van der Waals surface area contributed by atoms with Gasteiger partial charge >= 0.3 is 0 Å². The van der Waals surface area contributed by atoms with Gasteiger partial charge < -0.3 is 6.15 Å². The lowest BCUT2D eigenvalue weighted by atomic mass is 10.0. The highest BCUT2D eigenvalue weighted by molar-refractivity contribution is 7.85. The van der Waals surface area contributed by atoms with Crippen molar-refractivity contribution in [3.05, 3.63) is 29.8 Å². The minimum Gasteiger partial charge on any atom is -0.344 e. The summed E-state index contributed by atoms with van der Waals surface area (Å²) in [5, 5.41) is 0. The topological polar surface area (TPSA) is 89.4 Å². The quantitative estimate of drug-likeness (QED) is 0.337. The van der Waals surface area contributed by atoms with Crippen molar-refractivity contribution in [3.63, 3.8) is 0 Å². The summed E-state index contributed by atoms with van der Waals surface area (Å²) in [4.78, 5) is 0.0621. The normalized spacial score (nSPS) is 11.2. The van der Waals surface area contributed by atoms with Gasteiger partial charge in [0.05, 0.1) is 4.90 Å². The second-order valence-corrected chi connectivity index (χ2v) is 7.76. The molecule has 0 aliphatic carbocycles. The molecule has 0 heterocycles. The van der Waals surface area contributed by atoms with Crippen LogP contribution in [0.1, 0.15) is 83.1 Å². The van der Waals surface area contributed by atoms with Gasteiger partial charge in [-0.15, -0.1) is 0 Å². The van der Waals surface area contributed by atoms with Crippen molar-refractivity contribution in [2.24, 2.45) is 0 Å². The van der Waals surface area contributed by atoms with E-state index in [1.54, 1.807) is 12.1 Å². The summed E-state index contributed by atoms with van der Waals surface area (Å²) in [6.45, 7) is 2.24. The maximum absolute atomic E-state index is 11.3. The fourth-order valence-corrected chi connectivity index (χ4v) is 3.69. The van der Waals surface area contributed by atoms with E-state index >= 15 is 0 Å². The highest BCUT2D eigenvalue weighted by Gasteiger charge is 2.13. The Kier molecular flexibility index (Phi) is 12.9. The zero-order valence-electron chi connectivity index (χ0n) is 15.2. The van der Waals surface area contributed by atoms with Crippen LogP contribution in [0.25, 0.3) is 0 Å². The predicted octanol–water partition coefficient (Wildman–Crippen LogP) is 5.95. The summed E-state index contributed by atoms with van der Waals surface area (Å²) in [6, 6.07) is 6.73. The Balaban J connectivity index is 0.00000529. The number of unbranched alkanes of at least 4 members (excludes halogenated alkanes) is 10. The average molecular weight is 358 g/mol. The van der Waals surface area contributed by atoms with Crippen molar-refractivity contribution in [2.75, 3.05) is 0 Å². The first-order chi connectivity index (χ1) is 11.1. The highest BCUT2D eigenvalue weighted by atomic mass is 32.2. The van der Waals surface area contributed by atoms with Gasteiger partial charge in [0.15, 0.2) is 0 Å². The molecule has 1 aromatic carbocycles. The van der Waals surface area contributed by atoms with Crippen LogP contribution in [0.15, 0.2) is 29.2 Å². The van der Waals surface area contributed by atoms with Crippen LogP contribution in [0.5, 0.6) is 0 Å². The first kappa shape index (κ1) is 23.1. The SMILES string of the molecule is CCCCCCCCCCCCCc1ccccc1S(=O)(=O)O.N. The summed E-state index contributed by atoms with van der Waals surface area (Å²) in [5.41, 5.74) is 0.728. The molecule has 0 unspecified atom stereocenters. The van der Waals surface area contributed by atoms with Crippen LogP contribution in [0.2, 0.25) is 0 Å². The van der Waals surface area contributed by atoms with Gasteiger partial charge in [-0.1, -0.05) is 89.3 Å². The third-order valence-electron chi connectivity index (χ3n) is 4.30. The maximum atomic E-state index is 11.3. The van der Waals surface area contributed by atoms with E-state index < -0.39 is 10.1 Å². The second kappa shape index (κ2) is 13.4. The van der Waals surface area contributed by atoms with Crippen molar-refractivity contribution in [2.45, 2.75) is 88.9 Å². The standard InChI is InChI=1S/C19H32O3S.H3N/c1-2-3-4-5-6-7-8-9-10-11-12-15-18-16-13-14-17-19(18)23(20,21)22;/h13-14,16-17H,2-12,15H2,1H3,(H,20,21,22);1H3. The molecule has 1 aromatic rings. The Hall–Kier alpha value is -0.910. The van der Waals surface area contributed by atoms with E-state index in [0.717, 1.165) is 18.4 Å². The van der Waals surface area contributed by atoms with Crippen LogP contribution in [-0.2, 0) is 16.5 Å². The summed E-state index contributed by atoms with van der Waals surface area (Å²) in [5.74, 6) is 0. The third kappa shape index (κ3) is 10.1. The number of aryl methyl sites for hydroxylation is 1. The van der Waals surface area contributed by atoms with Gasteiger partial charge in [-0.2, -0.15) is 8.42 Å². The summed E-state index contributed by atoms with van der Waals surface area (Å²) in [6.07, 6.45) is 14.7. The molecule has 0 aromatic heterocycles. The van der Waals surface area contributed by atoms with Crippen molar-refractivity contribution in [3.8, 4) is 0 Å². The van der Waals surface area contributed by atoms with E-state index in [9.17, 15) is 13.0 Å². The number of rotatable bonds is 13. The molecule has 0 aliphatic heterocycles. The van der Waals surface area contributed by atoms with Crippen LogP contribution < -0.4 is 6.15 Å². The molecule has 0 radical (unpaired) electrons. The van der Waals surface area contributed by atoms with Crippen LogP contribution in [0.4, 0.5) is 0 Å². The first-order valence-corrected chi connectivity index (χ1v) is 10.5. The Morgan fingerprint density at radius 1 is 0.792 bits per heavy atom. The Labute approximate surface area is 148 Å².